The van der Waals surface area contributed by atoms with E-state index in [4.69, 9.17) is 20.4 Å². The van der Waals surface area contributed by atoms with E-state index in [0.29, 0.717) is 24.5 Å². The molecule has 0 aliphatic rings. The van der Waals surface area contributed by atoms with Crippen LogP contribution in [0.4, 0.5) is 0 Å². The highest BCUT2D eigenvalue weighted by Gasteiger charge is 2.08. The number of nitrogens with two attached hydrogens (primary N) is 1. The highest BCUT2D eigenvalue weighted by molar-refractivity contribution is 5.99. The van der Waals surface area contributed by atoms with Crippen molar-refractivity contribution in [1.82, 2.24) is 0 Å². The van der Waals surface area contributed by atoms with Gasteiger partial charge in [0.05, 0.1) is 12.2 Å². The fourth-order valence-corrected chi connectivity index (χ4v) is 1.57. The summed E-state index contributed by atoms with van der Waals surface area (Å²) < 4.78 is 11.0. The van der Waals surface area contributed by atoms with Crippen LogP contribution in [0.2, 0.25) is 0 Å². The second-order valence-corrected chi connectivity index (χ2v) is 4.30. The van der Waals surface area contributed by atoms with Gasteiger partial charge >= 0.3 is 0 Å². The second kappa shape index (κ2) is 8.37. The third-order valence-electron chi connectivity index (χ3n) is 2.65. The van der Waals surface area contributed by atoms with Crippen molar-refractivity contribution in [2.75, 3.05) is 19.8 Å². The lowest BCUT2D eigenvalue weighted by Gasteiger charge is -2.11. The van der Waals surface area contributed by atoms with Crippen LogP contribution in [0, 0.1) is 6.92 Å². The zero-order chi connectivity index (χ0) is 14.1. The molecule has 0 atom stereocenters. The number of rotatable bonds is 8. The number of hydrogen-bond acceptors (Lipinski definition) is 4. The van der Waals surface area contributed by atoms with Gasteiger partial charge in [-0.1, -0.05) is 24.6 Å². The van der Waals surface area contributed by atoms with Gasteiger partial charge in [-0.05, 0) is 31.0 Å². The number of amidine groups is 1. The smallest absolute Gasteiger partial charge is 0.173 e. The summed E-state index contributed by atoms with van der Waals surface area (Å²) in [6, 6.07) is 5.52. The Morgan fingerprint density at radius 1 is 1.32 bits per heavy atom. The first kappa shape index (κ1) is 15.3. The maximum Gasteiger partial charge on any atom is 0.173 e. The Morgan fingerprint density at radius 3 is 2.79 bits per heavy atom. The molecule has 0 saturated carbocycles. The van der Waals surface area contributed by atoms with Crippen LogP contribution >= 0.6 is 0 Å². The standard InChI is InChI=1S/C14H22N2O3/c1-3-4-7-18-8-9-19-13-10-11(2)5-6-12(13)14(15)16-17/h5-6,10,17H,3-4,7-9H2,1-2H3,(H2,15,16). The van der Waals surface area contributed by atoms with E-state index in [-0.39, 0.29) is 5.84 Å². The van der Waals surface area contributed by atoms with Gasteiger partial charge in [0.2, 0.25) is 0 Å². The summed E-state index contributed by atoms with van der Waals surface area (Å²) in [6.07, 6.45) is 2.17. The molecule has 0 heterocycles. The Kier molecular flexibility index (Phi) is 6.74. The lowest BCUT2D eigenvalue weighted by Crippen LogP contribution is -2.16. The van der Waals surface area contributed by atoms with Gasteiger partial charge in [0.25, 0.3) is 0 Å². The fourth-order valence-electron chi connectivity index (χ4n) is 1.57. The molecule has 1 aromatic rings. The van der Waals surface area contributed by atoms with E-state index in [1.807, 2.05) is 19.1 Å². The molecule has 0 aromatic heterocycles. The highest BCUT2D eigenvalue weighted by atomic mass is 16.5. The van der Waals surface area contributed by atoms with Crippen LogP contribution in [0.1, 0.15) is 30.9 Å². The van der Waals surface area contributed by atoms with Crippen LogP contribution in [-0.4, -0.2) is 30.9 Å². The molecule has 0 fully saturated rings. The molecular weight excluding hydrogens is 244 g/mol. The summed E-state index contributed by atoms with van der Waals surface area (Å²) in [4.78, 5) is 0. The molecule has 0 saturated heterocycles. The van der Waals surface area contributed by atoms with Gasteiger partial charge in [-0.2, -0.15) is 0 Å². The minimum atomic E-state index is 0.0434. The molecule has 0 aliphatic carbocycles. The van der Waals surface area contributed by atoms with Crippen molar-refractivity contribution in [3.05, 3.63) is 29.3 Å². The normalized spacial score (nSPS) is 11.6. The van der Waals surface area contributed by atoms with E-state index < -0.39 is 0 Å². The minimum absolute atomic E-state index is 0.0434. The Labute approximate surface area is 114 Å². The van der Waals surface area contributed by atoms with Crippen LogP contribution in [0.3, 0.4) is 0 Å². The van der Waals surface area contributed by atoms with Gasteiger partial charge in [0.15, 0.2) is 5.84 Å². The molecule has 0 radical (unpaired) electrons. The quantitative estimate of drug-likeness (QED) is 0.249. The number of oxime groups is 1. The fraction of sp³-hybridized carbons (Fsp3) is 0.500. The van der Waals surface area contributed by atoms with Gasteiger partial charge < -0.3 is 20.4 Å². The van der Waals surface area contributed by atoms with Crippen LogP contribution in [0.25, 0.3) is 0 Å². The number of benzene rings is 1. The van der Waals surface area contributed by atoms with Crippen molar-refractivity contribution >= 4 is 5.84 Å². The van der Waals surface area contributed by atoms with Crippen LogP contribution in [-0.2, 0) is 4.74 Å². The first-order valence-electron chi connectivity index (χ1n) is 6.48. The summed E-state index contributed by atoms with van der Waals surface area (Å²) in [5.74, 6) is 0.649. The molecule has 0 spiro atoms. The molecule has 0 amide bonds. The maximum atomic E-state index is 8.73. The minimum Gasteiger partial charge on any atom is -0.490 e. The molecule has 19 heavy (non-hydrogen) atoms. The predicted octanol–water partition coefficient (Wildman–Crippen LogP) is 2.29. The van der Waals surface area contributed by atoms with Crippen molar-refractivity contribution in [2.24, 2.45) is 10.9 Å². The lowest BCUT2D eigenvalue weighted by atomic mass is 10.1. The molecule has 1 aromatic carbocycles. The van der Waals surface area contributed by atoms with Gasteiger partial charge in [-0.25, -0.2) is 0 Å². The maximum absolute atomic E-state index is 8.73. The molecule has 5 heteroatoms. The second-order valence-electron chi connectivity index (χ2n) is 4.30. The zero-order valence-corrected chi connectivity index (χ0v) is 11.6. The highest BCUT2D eigenvalue weighted by Crippen LogP contribution is 2.20. The monoisotopic (exact) mass is 266 g/mol. The van der Waals surface area contributed by atoms with Crippen molar-refractivity contribution in [1.29, 1.82) is 0 Å². The van der Waals surface area contributed by atoms with E-state index in [1.165, 1.54) is 0 Å². The van der Waals surface area contributed by atoms with E-state index >= 15 is 0 Å². The van der Waals surface area contributed by atoms with Gasteiger partial charge in [-0.3, -0.25) is 0 Å². The topological polar surface area (TPSA) is 77.1 Å². The van der Waals surface area contributed by atoms with Crippen molar-refractivity contribution in [3.8, 4) is 5.75 Å². The number of hydrogen-bond donors (Lipinski definition) is 2. The van der Waals surface area contributed by atoms with Crippen LogP contribution in [0.5, 0.6) is 5.75 Å². The summed E-state index contributed by atoms with van der Waals surface area (Å²) in [6.45, 7) is 5.81. The van der Waals surface area contributed by atoms with Crippen LogP contribution < -0.4 is 10.5 Å². The number of aryl methyl sites for hydroxylation is 1. The first-order valence-corrected chi connectivity index (χ1v) is 6.48. The van der Waals surface area contributed by atoms with Gasteiger partial charge in [0.1, 0.15) is 12.4 Å². The summed E-state index contributed by atoms with van der Waals surface area (Å²) in [5, 5.41) is 11.7. The zero-order valence-electron chi connectivity index (χ0n) is 11.6. The Morgan fingerprint density at radius 2 is 2.11 bits per heavy atom. The van der Waals surface area contributed by atoms with E-state index in [2.05, 4.69) is 12.1 Å². The number of unbranched alkanes of at least 4 members (excludes halogenated alkanes) is 1. The predicted molar refractivity (Wildman–Crippen MR) is 74.9 cm³/mol. The third-order valence-corrected chi connectivity index (χ3v) is 2.65. The molecule has 0 aliphatic heterocycles. The van der Waals surface area contributed by atoms with Crippen molar-refractivity contribution in [2.45, 2.75) is 26.7 Å². The lowest BCUT2D eigenvalue weighted by molar-refractivity contribution is 0.0980. The SMILES string of the molecule is CCCCOCCOc1cc(C)ccc1C(N)=NO. The average molecular weight is 266 g/mol. The van der Waals surface area contributed by atoms with E-state index in [1.54, 1.807) is 6.07 Å². The van der Waals surface area contributed by atoms with E-state index in [9.17, 15) is 0 Å². The number of nitrogens with zero attached hydrogens (tertiary/aromatic N) is 1. The van der Waals surface area contributed by atoms with Crippen molar-refractivity contribution in [3.63, 3.8) is 0 Å². The summed E-state index contributed by atoms with van der Waals surface area (Å²) >= 11 is 0. The molecular formula is C14H22N2O3. The van der Waals surface area contributed by atoms with Crippen molar-refractivity contribution < 1.29 is 14.7 Å². The first-order chi connectivity index (χ1) is 9.19. The average Bonchev–Trinajstić information content (AvgIpc) is 2.42. The largest absolute Gasteiger partial charge is 0.490 e. The van der Waals surface area contributed by atoms with Gasteiger partial charge in [-0.15, -0.1) is 0 Å². The molecule has 5 nitrogen and oxygen atoms in total. The molecule has 0 bridgehead atoms. The molecule has 1 rings (SSSR count). The molecule has 0 unspecified atom stereocenters. The van der Waals surface area contributed by atoms with Crippen LogP contribution in [0.15, 0.2) is 23.4 Å². The molecule has 3 N–H and O–H groups in total. The molecule has 106 valence electrons. The summed E-state index contributed by atoms with van der Waals surface area (Å²) in [7, 11) is 0. The Bertz CT molecular complexity index is 419. The summed E-state index contributed by atoms with van der Waals surface area (Å²) in [5.41, 5.74) is 7.24. The van der Waals surface area contributed by atoms with E-state index in [0.717, 1.165) is 25.0 Å². The Balaban J connectivity index is 2.54. The Hall–Kier alpha value is -1.75. The number of ether oxygens (including phenoxy) is 2. The van der Waals surface area contributed by atoms with Gasteiger partial charge in [0, 0.05) is 6.61 Å². The third kappa shape index (κ3) is 5.18.